The molecule has 214 valence electrons. The molecule has 0 bridgehead atoms. The Hall–Kier alpha value is -3.84. The second-order valence-corrected chi connectivity index (χ2v) is 14.0. The van der Waals surface area contributed by atoms with E-state index in [1.165, 1.54) is 105 Å². The van der Waals surface area contributed by atoms with Crippen LogP contribution in [-0.2, 0) is 11.8 Å². The SMILES string of the molecule is Cc1cc(C)c(B(c2c(C)cc(C)cc2C)c2c(C)c(C)c3c(c2C)CC2(C)c4ccccc4-c4cccc-3c42)c(C)c1. The Bertz CT molecular complexity index is 1900. The highest BCUT2D eigenvalue weighted by Crippen LogP contribution is 2.57. The summed E-state index contributed by atoms with van der Waals surface area (Å²) in [6.07, 6.45) is 1.04. The molecule has 2 aliphatic rings. The van der Waals surface area contributed by atoms with Crippen LogP contribution in [-0.4, -0.2) is 6.71 Å². The van der Waals surface area contributed by atoms with Crippen molar-refractivity contribution >= 4 is 23.1 Å². The summed E-state index contributed by atoms with van der Waals surface area (Å²) in [4.78, 5) is 0. The molecular formula is C42H43B. The Labute approximate surface area is 259 Å². The normalized spacial score (nSPS) is 16.1. The van der Waals surface area contributed by atoms with Gasteiger partial charge in [-0.15, -0.1) is 0 Å². The molecule has 0 N–H and O–H groups in total. The summed E-state index contributed by atoms with van der Waals surface area (Å²) in [7, 11) is 0. The maximum Gasteiger partial charge on any atom is 0.243 e. The number of hydrogen-bond donors (Lipinski definition) is 0. The zero-order valence-corrected chi connectivity index (χ0v) is 27.6. The lowest BCUT2D eigenvalue weighted by Gasteiger charge is -2.39. The topological polar surface area (TPSA) is 0 Å². The monoisotopic (exact) mass is 558 g/mol. The third kappa shape index (κ3) is 3.83. The Kier molecular flexibility index (Phi) is 6.23. The number of benzene rings is 5. The molecular weight excluding hydrogens is 515 g/mol. The summed E-state index contributed by atoms with van der Waals surface area (Å²) in [5.41, 5.74) is 27.3. The summed E-state index contributed by atoms with van der Waals surface area (Å²) >= 11 is 0. The summed E-state index contributed by atoms with van der Waals surface area (Å²) in [5, 5.41) is 0. The minimum absolute atomic E-state index is 0.0276. The molecule has 1 atom stereocenters. The van der Waals surface area contributed by atoms with Crippen LogP contribution in [0.3, 0.4) is 0 Å². The first-order valence-electron chi connectivity index (χ1n) is 16.0. The van der Waals surface area contributed by atoms with Crippen molar-refractivity contribution in [1.82, 2.24) is 0 Å². The summed E-state index contributed by atoms with van der Waals surface area (Å²) in [5.74, 6) is 0. The van der Waals surface area contributed by atoms with E-state index in [1.54, 1.807) is 0 Å². The standard InChI is InChI=1S/C42H43B/c1-23-18-25(3)39(26(4)19-23)43(40-27(5)20-24(2)21-28(40)6)41-30(8)29(7)37-34-16-13-15-33-32-14-11-12-17-36(32)42(10,38(33)34)22-35(37)31(41)9/h11-21H,22H2,1-10H3. The minimum Gasteiger partial charge on any atom is -0.0629 e. The van der Waals surface area contributed by atoms with Crippen LogP contribution in [0.15, 0.2) is 66.7 Å². The Balaban J connectivity index is 1.58. The fraction of sp³-hybridized carbons (Fsp3) is 0.286. The largest absolute Gasteiger partial charge is 0.243 e. The van der Waals surface area contributed by atoms with E-state index in [-0.39, 0.29) is 12.1 Å². The van der Waals surface area contributed by atoms with Gasteiger partial charge in [0.15, 0.2) is 0 Å². The Morgan fingerprint density at radius 1 is 0.535 bits per heavy atom. The van der Waals surface area contributed by atoms with Crippen LogP contribution >= 0.6 is 0 Å². The van der Waals surface area contributed by atoms with Gasteiger partial charge in [-0.3, -0.25) is 0 Å². The zero-order chi connectivity index (χ0) is 30.5. The van der Waals surface area contributed by atoms with Crippen LogP contribution in [0.5, 0.6) is 0 Å². The molecule has 1 heteroatoms. The minimum atomic E-state index is -0.0276. The van der Waals surface area contributed by atoms with Crippen molar-refractivity contribution in [2.75, 3.05) is 0 Å². The van der Waals surface area contributed by atoms with E-state index in [9.17, 15) is 0 Å². The van der Waals surface area contributed by atoms with E-state index >= 15 is 0 Å². The van der Waals surface area contributed by atoms with Gasteiger partial charge in [0.2, 0.25) is 6.71 Å². The average molecular weight is 559 g/mol. The van der Waals surface area contributed by atoms with E-state index in [1.807, 2.05) is 0 Å². The molecule has 0 nitrogen and oxygen atoms in total. The highest BCUT2D eigenvalue weighted by Gasteiger charge is 2.46. The van der Waals surface area contributed by atoms with Gasteiger partial charge in [0.05, 0.1) is 0 Å². The molecule has 0 aromatic heterocycles. The third-order valence-corrected chi connectivity index (χ3v) is 11.1. The fourth-order valence-electron chi connectivity index (χ4n) is 9.44. The van der Waals surface area contributed by atoms with E-state index < -0.39 is 0 Å². The van der Waals surface area contributed by atoms with Gasteiger partial charge in [0, 0.05) is 5.41 Å². The highest BCUT2D eigenvalue weighted by molar-refractivity contribution is 6.97. The van der Waals surface area contributed by atoms with Gasteiger partial charge in [-0.1, -0.05) is 135 Å². The maximum absolute atomic E-state index is 2.50. The number of aryl methyl sites for hydroxylation is 6. The number of rotatable bonds is 3. The molecule has 0 amide bonds. The van der Waals surface area contributed by atoms with Gasteiger partial charge in [0.1, 0.15) is 0 Å². The van der Waals surface area contributed by atoms with Crippen LogP contribution < -0.4 is 16.4 Å². The van der Waals surface area contributed by atoms with Crippen LogP contribution in [0, 0.1) is 62.3 Å². The smallest absolute Gasteiger partial charge is 0.0629 e. The van der Waals surface area contributed by atoms with Gasteiger partial charge in [0.25, 0.3) is 0 Å². The molecule has 0 saturated heterocycles. The lowest BCUT2D eigenvalue weighted by molar-refractivity contribution is 0.575. The van der Waals surface area contributed by atoms with E-state index in [2.05, 4.69) is 136 Å². The lowest BCUT2D eigenvalue weighted by Crippen LogP contribution is -2.58. The first-order valence-corrected chi connectivity index (χ1v) is 16.0. The summed E-state index contributed by atoms with van der Waals surface area (Å²) in [6.45, 7) is 23.7. The zero-order valence-electron chi connectivity index (χ0n) is 27.6. The molecule has 7 rings (SSSR count). The maximum atomic E-state index is 2.50. The Morgan fingerprint density at radius 3 is 1.63 bits per heavy atom. The molecule has 5 aromatic rings. The van der Waals surface area contributed by atoms with Crippen molar-refractivity contribution < 1.29 is 0 Å². The number of fused-ring (bicyclic) bond motifs is 5. The van der Waals surface area contributed by atoms with Crippen LogP contribution in [0.25, 0.3) is 22.3 Å². The van der Waals surface area contributed by atoms with Gasteiger partial charge in [-0.2, -0.15) is 0 Å². The molecule has 0 aliphatic heterocycles. The first kappa shape index (κ1) is 28.0. The van der Waals surface area contributed by atoms with Crippen LogP contribution in [0.1, 0.15) is 73.7 Å². The predicted molar refractivity (Wildman–Crippen MR) is 188 cm³/mol. The van der Waals surface area contributed by atoms with Gasteiger partial charge >= 0.3 is 0 Å². The molecule has 1 unspecified atom stereocenters. The molecule has 0 fully saturated rings. The Morgan fingerprint density at radius 2 is 1.05 bits per heavy atom. The molecule has 43 heavy (non-hydrogen) atoms. The van der Waals surface area contributed by atoms with Crippen molar-refractivity contribution in [3.63, 3.8) is 0 Å². The second kappa shape index (κ2) is 9.58. The van der Waals surface area contributed by atoms with E-state index in [4.69, 9.17) is 0 Å². The van der Waals surface area contributed by atoms with Crippen molar-refractivity contribution in [3.05, 3.63) is 133 Å². The molecule has 0 saturated carbocycles. The summed E-state index contributed by atoms with van der Waals surface area (Å²) in [6, 6.07) is 25.7. The molecule has 2 aliphatic carbocycles. The lowest BCUT2D eigenvalue weighted by atomic mass is 9.32. The quantitative estimate of drug-likeness (QED) is 0.195. The van der Waals surface area contributed by atoms with Gasteiger partial charge in [-0.25, -0.2) is 0 Å². The van der Waals surface area contributed by atoms with Gasteiger partial charge in [-0.05, 0) is 113 Å². The molecule has 0 heterocycles. The summed E-state index contributed by atoms with van der Waals surface area (Å²) < 4.78 is 0. The highest BCUT2D eigenvalue weighted by atomic mass is 14.5. The predicted octanol–water partition coefficient (Wildman–Crippen LogP) is 8.49. The van der Waals surface area contributed by atoms with E-state index in [0.29, 0.717) is 0 Å². The fourth-order valence-corrected chi connectivity index (χ4v) is 9.44. The number of hydrogen-bond acceptors (Lipinski definition) is 0. The molecule has 0 radical (unpaired) electrons. The van der Waals surface area contributed by atoms with Crippen LogP contribution in [0.4, 0.5) is 0 Å². The molecule has 5 aromatic carbocycles. The first-order chi connectivity index (χ1) is 20.4. The van der Waals surface area contributed by atoms with Crippen molar-refractivity contribution in [2.24, 2.45) is 0 Å². The average Bonchev–Trinajstić information content (AvgIpc) is 3.20. The second-order valence-electron chi connectivity index (χ2n) is 14.0. The van der Waals surface area contributed by atoms with Crippen molar-refractivity contribution in [3.8, 4) is 22.3 Å². The third-order valence-electron chi connectivity index (χ3n) is 11.1. The van der Waals surface area contributed by atoms with Crippen molar-refractivity contribution in [2.45, 2.75) is 81.1 Å². The van der Waals surface area contributed by atoms with Crippen LogP contribution in [0.2, 0.25) is 0 Å². The molecule has 0 spiro atoms. The van der Waals surface area contributed by atoms with Crippen molar-refractivity contribution in [1.29, 1.82) is 0 Å². The van der Waals surface area contributed by atoms with Gasteiger partial charge < -0.3 is 0 Å². The van der Waals surface area contributed by atoms with E-state index in [0.717, 1.165) is 6.42 Å².